The molecule has 0 atom stereocenters. The summed E-state index contributed by atoms with van der Waals surface area (Å²) in [6.45, 7) is 21.4. The van der Waals surface area contributed by atoms with Gasteiger partial charge in [-0.3, -0.25) is 4.79 Å². The Kier molecular flexibility index (Phi) is 9.01. The van der Waals surface area contributed by atoms with E-state index in [1.807, 2.05) is 61.5 Å². The highest BCUT2D eigenvalue weighted by Crippen LogP contribution is 2.47. The number of hydrogen-bond acceptors (Lipinski definition) is 9. The molecule has 2 aromatic carbocycles. The summed E-state index contributed by atoms with van der Waals surface area (Å²) >= 11 is 0. The Labute approximate surface area is 284 Å². The molecule has 0 aliphatic carbocycles. The lowest BCUT2D eigenvalue weighted by Crippen LogP contribution is -2.44. The fraction of sp³-hybridized carbons (Fsp3) is 0.543. The molecule has 0 unspecified atom stereocenters. The Morgan fingerprint density at radius 3 is 2.25 bits per heavy atom. The molecule has 5 rings (SSSR count). The summed E-state index contributed by atoms with van der Waals surface area (Å²) in [5.74, 6) is 0.000151. The number of amides is 2. The van der Waals surface area contributed by atoms with Crippen LogP contribution in [0.2, 0.25) is 0 Å². The molecule has 3 aliphatic rings. The second kappa shape index (κ2) is 12.1. The topological polar surface area (TPSA) is 127 Å². The molecule has 48 heavy (non-hydrogen) atoms. The lowest BCUT2D eigenvalue weighted by molar-refractivity contribution is -0.123. The first-order chi connectivity index (χ1) is 22.2. The van der Waals surface area contributed by atoms with Crippen molar-refractivity contribution in [1.29, 1.82) is 0 Å². The number of carbonyl (C=O) groups excluding carboxylic acids is 2. The summed E-state index contributed by atoms with van der Waals surface area (Å²) in [7, 11) is -4.65. The zero-order chi connectivity index (χ0) is 35.6. The molecule has 2 aromatic rings. The Bertz CT molecular complexity index is 1790. The first-order valence-corrected chi connectivity index (χ1v) is 18.0. The molecule has 0 radical (unpaired) electrons. The van der Waals surface area contributed by atoms with Crippen molar-refractivity contribution in [3.63, 3.8) is 0 Å². The van der Waals surface area contributed by atoms with E-state index >= 15 is 0 Å². The van der Waals surface area contributed by atoms with E-state index in [2.05, 4.69) is 4.40 Å². The maximum Gasteiger partial charge on any atom is 0.494 e. The predicted molar refractivity (Wildman–Crippen MR) is 187 cm³/mol. The van der Waals surface area contributed by atoms with Crippen molar-refractivity contribution < 1.29 is 32.1 Å². The van der Waals surface area contributed by atoms with Crippen molar-refractivity contribution >= 4 is 52.3 Å². The van der Waals surface area contributed by atoms with Crippen LogP contribution < -0.4 is 10.4 Å². The number of imide groups is 1. The van der Waals surface area contributed by atoms with Crippen LogP contribution in [0.5, 0.6) is 0 Å². The third-order valence-corrected chi connectivity index (χ3v) is 10.9. The highest BCUT2D eigenvalue weighted by Gasteiger charge is 2.53. The van der Waals surface area contributed by atoms with E-state index in [0.29, 0.717) is 41.7 Å². The van der Waals surface area contributed by atoms with Gasteiger partial charge in [0.25, 0.3) is 10.0 Å². The van der Waals surface area contributed by atoms with Crippen molar-refractivity contribution in [2.75, 3.05) is 11.4 Å². The fourth-order valence-corrected chi connectivity index (χ4v) is 7.40. The third kappa shape index (κ3) is 6.20. The molecule has 13 heteroatoms. The fourth-order valence-electron chi connectivity index (χ4n) is 6.21. The van der Waals surface area contributed by atoms with Crippen molar-refractivity contribution in [2.45, 2.75) is 116 Å². The number of anilines is 1. The van der Waals surface area contributed by atoms with Gasteiger partial charge in [0.1, 0.15) is 10.5 Å². The summed E-state index contributed by atoms with van der Waals surface area (Å²) in [6.07, 6.45) is 1.90. The van der Waals surface area contributed by atoms with Gasteiger partial charge in [-0.2, -0.15) is 13.5 Å². The number of nitrogens with zero attached hydrogens (tertiary/aromatic N) is 4. The summed E-state index contributed by atoms with van der Waals surface area (Å²) in [6, 6.07) is 10.4. The normalized spacial score (nSPS) is 20.3. The van der Waals surface area contributed by atoms with Gasteiger partial charge in [-0.05, 0) is 102 Å². The third-order valence-electron chi connectivity index (χ3n) is 9.56. The van der Waals surface area contributed by atoms with Gasteiger partial charge in [0, 0.05) is 12.1 Å². The molecule has 258 valence electrons. The maximum atomic E-state index is 13.8. The van der Waals surface area contributed by atoms with E-state index in [1.54, 1.807) is 62.3 Å². The van der Waals surface area contributed by atoms with Crippen molar-refractivity contribution in [1.82, 2.24) is 5.01 Å². The van der Waals surface area contributed by atoms with Gasteiger partial charge < -0.3 is 14.0 Å². The molecule has 2 amide bonds. The lowest BCUT2D eigenvalue weighted by atomic mass is 9.76. The largest absolute Gasteiger partial charge is 0.494 e. The SMILES string of the molecule is CCC1(CC)C(=O)N(C(=O)OC(C)(C)C)c2ccc(/C=N/N(CC(C)C)C3=NS(=O)(=O)c4ccc(B5OC(C)(C)C(C)(C)O5)cc43)cc21. The van der Waals surface area contributed by atoms with E-state index in [1.165, 1.54) is 0 Å². The molecule has 3 aliphatic heterocycles. The molecule has 3 heterocycles. The molecule has 0 aromatic heterocycles. The first kappa shape index (κ1) is 35.8. The maximum absolute atomic E-state index is 13.8. The summed E-state index contributed by atoms with van der Waals surface area (Å²) in [5.41, 5.74) is 0.193. The van der Waals surface area contributed by atoms with Gasteiger partial charge in [-0.15, -0.1) is 4.40 Å². The Morgan fingerprint density at radius 2 is 1.69 bits per heavy atom. The Hall–Kier alpha value is -3.55. The number of amidine groups is 1. The molecule has 11 nitrogen and oxygen atoms in total. The van der Waals surface area contributed by atoms with E-state index in [4.69, 9.17) is 19.1 Å². The minimum absolute atomic E-state index is 0.0932. The highest BCUT2D eigenvalue weighted by atomic mass is 32.2. The monoisotopic (exact) mass is 678 g/mol. The van der Waals surface area contributed by atoms with Crippen LogP contribution in [0.4, 0.5) is 10.5 Å². The molecule has 0 saturated carbocycles. The summed E-state index contributed by atoms with van der Waals surface area (Å²) < 4.78 is 48.7. The van der Waals surface area contributed by atoms with Crippen LogP contribution in [0.15, 0.2) is 50.8 Å². The quantitative estimate of drug-likeness (QED) is 0.205. The zero-order valence-electron chi connectivity index (χ0n) is 29.9. The first-order valence-electron chi connectivity index (χ1n) is 16.5. The molecule has 0 N–H and O–H groups in total. The van der Waals surface area contributed by atoms with Gasteiger partial charge >= 0.3 is 13.2 Å². The van der Waals surface area contributed by atoms with Crippen LogP contribution in [0.25, 0.3) is 0 Å². The second-order valence-electron chi connectivity index (χ2n) is 15.1. The summed E-state index contributed by atoms with van der Waals surface area (Å²) in [5, 5.41) is 6.36. The number of fused-ring (bicyclic) bond motifs is 2. The molecular formula is C35H47BN4O7S. The smallest absolute Gasteiger partial charge is 0.443 e. The second-order valence-corrected chi connectivity index (χ2v) is 16.7. The number of hydrazone groups is 1. The number of hydrogen-bond donors (Lipinski definition) is 0. The van der Waals surface area contributed by atoms with Gasteiger partial charge in [-0.1, -0.05) is 45.9 Å². The average Bonchev–Trinajstić information content (AvgIpc) is 3.48. The van der Waals surface area contributed by atoms with Gasteiger partial charge in [0.15, 0.2) is 5.84 Å². The lowest BCUT2D eigenvalue weighted by Gasteiger charge is -2.32. The van der Waals surface area contributed by atoms with Crippen LogP contribution in [-0.2, 0) is 34.3 Å². The number of carbonyl (C=O) groups is 2. The van der Waals surface area contributed by atoms with Gasteiger partial charge in [0.05, 0.1) is 28.5 Å². The highest BCUT2D eigenvalue weighted by molar-refractivity contribution is 7.90. The van der Waals surface area contributed by atoms with Crippen molar-refractivity contribution in [2.24, 2.45) is 15.4 Å². The van der Waals surface area contributed by atoms with Gasteiger partial charge in [0.2, 0.25) is 5.91 Å². The Morgan fingerprint density at radius 1 is 1.06 bits per heavy atom. The molecular weight excluding hydrogens is 631 g/mol. The number of sulfonamides is 1. The van der Waals surface area contributed by atoms with Crippen LogP contribution in [0.1, 0.15) is 106 Å². The molecule has 0 bridgehead atoms. The van der Waals surface area contributed by atoms with Crippen LogP contribution >= 0.6 is 0 Å². The van der Waals surface area contributed by atoms with E-state index in [-0.39, 0.29) is 22.6 Å². The van der Waals surface area contributed by atoms with E-state index in [0.717, 1.165) is 10.5 Å². The number of ether oxygens (including phenoxy) is 1. The standard InChI is InChI=1S/C35H47BN4O7S/c1-12-35(13-2)26-18-23(14-16-27(26)40(30(35)41)31(42)45-32(5,6)7)20-37-39(21-22(3)4)29-25-19-24(15-17-28(25)48(43,44)38-29)36-46-33(8,9)34(10,11)47-36/h14-20,22H,12-13,21H2,1-11H3/b37-20+. The van der Waals surface area contributed by atoms with Crippen molar-refractivity contribution in [3.8, 4) is 0 Å². The minimum atomic E-state index is -3.96. The average molecular weight is 679 g/mol. The van der Waals surface area contributed by atoms with E-state index < -0.39 is 45.5 Å². The summed E-state index contributed by atoms with van der Waals surface area (Å²) in [4.78, 5) is 28.2. The predicted octanol–water partition coefficient (Wildman–Crippen LogP) is 5.77. The van der Waals surface area contributed by atoms with Crippen molar-refractivity contribution in [3.05, 3.63) is 53.1 Å². The van der Waals surface area contributed by atoms with Crippen LogP contribution in [-0.4, -0.2) is 67.9 Å². The van der Waals surface area contributed by atoms with E-state index in [9.17, 15) is 18.0 Å². The molecule has 1 saturated heterocycles. The minimum Gasteiger partial charge on any atom is -0.443 e. The number of rotatable bonds is 7. The van der Waals surface area contributed by atoms with Gasteiger partial charge in [-0.25, -0.2) is 14.7 Å². The molecule has 0 spiro atoms. The Balaban J connectivity index is 1.52. The zero-order valence-corrected chi connectivity index (χ0v) is 30.7. The molecule has 1 fully saturated rings. The van der Waals surface area contributed by atoms with Crippen LogP contribution in [0, 0.1) is 5.92 Å². The number of benzene rings is 2. The van der Waals surface area contributed by atoms with Crippen LogP contribution in [0.3, 0.4) is 0 Å².